The quantitative estimate of drug-likeness (QED) is 0.819. The molecule has 8 heteroatoms. The topological polar surface area (TPSA) is 94.7 Å². The fraction of sp³-hybridized carbons (Fsp3) is 0.444. The number of carbonyl (C=O) groups excluding carboxylic acids is 1. The monoisotopic (exact) mass is 359 g/mol. The molecular formula is C18H21N3O5. The molecule has 0 bridgehead atoms. The van der Waals surface area contributed by atoms with E-state index in [0.717, 1.165) is 25.9 Å². The lowest BCUT2D eigenvalue weighted by atomic mass is 10.1. The number of H-pyrrole nitrogens is 1. The normalized spacial score (nSPS) is 18.5. The van der Waals surface area contributed by atoms with Gasteiger partial charge in [-0.05, 0) is 37.5 Å². The average molecular weight is 359 g/mol. The van der Waals surface area contributed by atoms with Crippen LogP contribution in [0.1, 0.15) is 35.4 Å². The molecule has 2 aliphatic rings. The van der Waals surface area contributed by atoms with Crippen LogP contribution in [0.3, 0.4) is 0 Å². The van der Waals surface area contributed by atoms with Crippen LogP contribution in [0, 0.1) is 0 Å². The number of nitrogens with one attached hydrogen (secondary N) is 2. The first-order valence-electron chi connectivity index (χ1n) is 8.74. The Morgan fingerprint density at radius 2 is 2.19 bits per heavy atom. The molecule has 1 amide bonds. The Morgan fingerprint density at radius 1 is 1.27 bits per heavy atom. The maximum Gasteiger partial charge on any atom is 0.271 e. The number of rotatable bonds is 6. The van der Waals surface area contributed by atoms with Crippen LogP contribution in [0.15, 0.2) is 24.3 Å². The third-order valence-electron chi connectivity index (χ3n) is 4.37. The molecule has 1 aromatic heterocycles. The zero-order valence-electron chi connectivity index (χ0n) is 14.3. The highest BCUT2D eigenvalue weighted by molar-refractivity contribution is 5.92. The van der Waals surface area contributed by atoms with Crippen molar-refractivity contribution in [3.05, 3.63) is 35.7 Å². The van der Waals surface area contributed by atoms with Gasteiger partial charge in [-0.15, -0.1) is 0 Å². The summed E-state index contributed by atoms with van der Waals surface area (Å²) in [6.45, 7) is 1.77. The van der Waals surface area contributed by atoms with Crippen molar-refractivity contribution < 1.29 is 23.7 Å². The highest BCUT2D eigenvalue weighted by Gasteiger charge is 2.17. The Bertz CT molecular complexity index is 770. The molecule has 0 saturated carbocycles. The fourth-order valence-corrected chi connectivity index (χ4v) is 2.95. The number of nitrogens with zero attached hydrogens (tertiary/aromatic N) is 1. The molecule has 26 heavy (non-hydrogen) atoms. The minimum absolute atomic E-state index is 0.0976. The van der Waals surface area contributed by atoms with Crippen LogP contribution in [0.5, 0.6) is 17.2 Å². The van der Waals surface area contributed by atoms with Crippen molar-refractivity contribution in [3.63, 3.8) is 0 Å². The molecule has 2 aliphatic heterocycles. The van der Waals surface area contributed by atoms with Crippen LogP contribution < -0.4 is 19.5 Å². The second-order valence-electron chi connectivity index (χ2n) is 6.28. The van der Waals surface area contributed by atoms with Crippen LogP contribution >= 0.6 is 0 Å². The molecule has 1 unspecified atom stereocenters. The molecular weight excluding hydrogens is 338 g/mol. The van der Waals surface area contributed by atoms with Crippen LogP contribution in [0.4, 0.5) is 0 Å². The average Bonchev–Trinajstić information content (AvgIpc) is 3.34. The Kier molecular flexibility index (Phi) is 4.92. The summed E-state index contributed by atoms with van der Waals surface area (Å²) in [4.78, 5) is 12.2. The van der Waals surface area contributed by atoms with Gasteiger partial charge in [0.25, 0.3) is 5.91 Å². The van der Waals surface area contributed by atoms with Gasteiger partial charge in [-0.3, -0.25) is 9.89 Å². The number of amides is 1. The molecule has 1 atom stereocenters. The number of aromatic amines is 1. The minimum Gasteiger partial charge on any atom is -0.487 e. The van der Waals surface area contributed by atoms with Crippen molar-refractivity contribution in [3.8, 4) is 17.2 Å². The summed E-state index contributed by atoms with van der Waals surface area (Å²) >= 11 is 0. The van der Waals surface area contributed by atoms with E-state index in [1.54, 1.807) is 18.2 Å². The molecule has 1 saturated heterocycles. The van der Waals surface area contributed by atoms with Gasteiger partial charge in [-0.2, -0.15) is 5.10 Å². The van der Waals surface area contributed by atoms with Gasteiger partial charge < -0.3 is 24.3 Å². The molecule has 3 heterocycles. The van der Waals surface area contributed by atoms with Gasteiger partial charge in [0.1, 0.15) is 18.1 Å². The zero-order chi connectivity index (χ0) is 17.8. The molecule has 0 aliphatic carbocycles. The van der Waals surface area contributed by atoms with E-state index in [1.165, 1.54) is 0 Å². The van der Waals surface area contributed by atoms with Crippen LogP contribution in [0.2, 0.25) is 0 Å². The van der Waals surface area contributed by atoms with Gasteiger partial charge in [0.15, 0.2) is 11.5 Å². The molecule has 4 rings (SSSR count). The molecule has 2 N–H and O–H groups in total. The molecule has 0 spiro atoms. The van der Waals surface area contributed by atoms with Crippen molar-refractivity contribution in [2.24, 2.45) is 0 Å². The van der Waals surface area contributed by atoms with Gasteiger partial charge in [-0.1, -0.05) is 0 Å². The van der Waals surface area contributed by atoms with E-state index in [9.17, 15) is 4.79 Å². The molecule has 1 fully saturated rings. The number of ether oxygens (including phenoxy) is 4. The summed E-state index contributed by atoms with van der Waals surface area (Å²) in [5.41, 5.74) is 1.05. The SMILES string of the molecule is O=C(NCC1CCCCO1)c1cc(COc2ccc3c(c2)OCO3)[nH]n1. The van der Waals surface area contributed by atoms with Crippen molar-refractivity contribution in [2.45, 2.75) is 32.0 Å². The minimum atomic E-state index is -0.218. The van der Waals surface area contributed by atoms with Crippen LogP contribution in [-0.2, 0) is 11.3 Å². The van der Waals surface area contributed by atoms with Crippen molar-refractivity contribution in [1.82, 2.24) is 15.5 Å². The van der Waals surface area contributed by atoms with Gasteiger partial charge >= 0.3 is 0 Å². The summed E-state index contributed by atoms with van der Waals surface area (Å²) in [6.07, 6.45) is 3.32. The highest BCUT2D eigenvalue weighted by atomic mass is 16.7. The summed E-state index contributed by atoms with van der Waals surface area (Å²) in [5.74, 6) is 1.81. The Morgan fingerprint density at radius 3 is 3.08 bits per heavy atom. The van der Waals surface area contributed by atoms with E-state index in [0.29, 0.717) is 35.2 Å². The van der Waals surface area contributed by atoms with Crippen molar-refractivity contribution in [2.75, 3.05) is 19.9 Å². The van der Waals surface area contributed by atoms with Crippen LogP contribution in [-0.4, -0.2) is 42.2 Å². The molecule has 0 radical (unpaired) electrons. The predicted octanol–water partition coefficient (Wildman–Crippen LogP) is 2.02. The number of aromatic nitrogens is 2. The van der Waals surface area contributed by atoms with Crippen LogP contribution in [0.25, 0.3) is 0 Å². The van der Waals surface area contributed by atoms with Gasteiger partial charge in [0.2, 0.25) is 6.79 Å². The van der Waals surface area contributed by atoms with Gasteiger partial charge in [-0.25, -0.2) is 0 Å². The van der Waals surface area contributed by atoms with Gasteiger partial charge in [0, 0.05) is 19.2 Å². The lowest BCUT2D eigenvalue weighted by Crippen LogP contribution is -2.35. The first kappa shape index (κ1) is 16.7. The second kappa shape index (κ2) is 7.65. The lowest BCUT2D eigenvalue weighted by Gasteiger charge is -2.22. The lowest BCUT2D eigenvalue weighted by molar-refractivity contribution is 0.0168. The first-order valence-corrected chi connectivity index (χ1v) is 8.74. The molecule has 8 nitrogen and oxygen atoms in total. The first-order chi connectivity index (χ1) is 12.8. The maximum atomic E-state index is 12.2. The Hall–Kier alpha value is -2.74. The van der Waals surface area contributed by atoms with E-state index >= 15 is 0 Å². The largest absolute Gasteiger partial charge is 0.487 e. The van der Waals surface area contributed by atoms with E-state index in [2.05, 4.69) is 15.5 Å². The molecule has 138 valence electrons. The van der Waals surface area contributed by atoms with E-state index in [-0.39, 0.29) is 25.4 Å². The zero-order valence-corrected chi connectivity index (χ0v) is 14.3. The molecule has 1 aromatic carbocycles. The fourth-order valence-electron chi connectivity index (χ4n) is 2.95. The number of hydrogen-bond acceptors (Lipinski definition) is 6. The number of fused-ring (bicyclic) bond motifs is 1. The Labute approximate surface area is 150 Å². The van der Waals surface area contributed by atoms with Gasteiger partial charge in [0.05, 0.1) is 11.8 Å². The smallest absolute Gasteiger partial charge is 0.271 e. The highest BCUT2D eigenvalue weighted by Crippen LogP contribution is 2.35. The van der Waals surface area contributed by atoms with E-state index < -0.39 is 0 Å². The number of hydrogen-bond donors (Lipinski definition) is 2. The maximum absolute atomic E-state index is 12.2. The number of carbonyl (C=O) groups is 1. The van der Waals surface area contributed by atoms with Crippen molar-refractivity contribution >= 4 is 5.91 Å². The summed E-state index contributed by atoms with van der Waals surface area (Å²) in [7, 11) is 0. The van der Waals surface area contributed by atoms with E-state index in [1.807, 2.05) is 6.07 Å². The van der Waals surface area contributed by atoms with E-state index in [4.69, 9.17) is 18.9 Å². The summed E-state index contributed by atoms with van der Waals surface area (Å²) < 4.78 is 21.9. The van der Waals surface area contributed by atoms with Crippen molar-refractivity contribution in [1.29, 1.82) is 0 Å². The Balaban J connectivity index is 1.27. The summed E-state index contributed by atoms with van der Waals surface area (Å²) in [6, 6.07) is 7.07. The predicted molar refractivity (Wildman–Crippen MR) is 91.4 cm³/mol. The second-order valence-corrected chi connectivity index (χ2v) is 6.28. The molecule has 2 aromatic rings. The third-order valence-corrected chi connectivity index (χ3v) is 4.37. The summed E-state index contributed by atoms with van der Waals surface area (Å²) in [5, 5.41) is 9.74. The third kappa shape index (κ3) is 3.91. The standard InChI is InChI=1S/C18H21N3O5/c22-18(19-9-14-3-1-2-6-23-14)15-7-12(20-21-15)10-24-13-4-5-16-17(8-13)26-11-25-16/h4-5,7-8,14H,1-3,6,9-11H2,(H,19,22)(H,20,21). The number of benzene rings is 1.